The summed E-state index contributed by atoms with van der Waals surface area (Å²) in [5, 5.41) is 17.0. The van der Waals surface area contributed by atoms with Crippen LogP contribution in [-0.2, 0) is 4.79 Å². The minimum Gasteiger partial charge on any atom is -0.477 e. The maximum atomic E-state index is 12.7. The summed E-state index contributed by atoms with van der Waals surface area (Å²) in [4.78, 5) is 35.0. The summed E-state index contributed by atoms with van der Waals surface area (Å²) in [6.07, 6.45) is 2.00. The molecule has 0 spiro atoms. The van der Waals surface area contributed by atoms with Gasteiger partial charge in [0.1, 0.15) is 15.7 Å². The average molecular weight is 440 g/mol. The second-order valence-corrected chi connectivity index (χ2v) is 8.51. The quantitative estimate of drug-likeness (QED) is 0.563. The highest BCUT2D eigenvalue weighted by Crippen LogP contribution is 2.29. The van der Waals surface area contributed by atoms with E-state index in [-0.39, 0.29) is 22.9 Å². The molecule has 1 aromatic rings. The molecule has 0 aliphatic carbocycles. The molecule has 0 saturated carbocycles. The fourth-order valence-electron chi connectivity index (χ4n) is 3.65. The zero-order valence-electron chi connectivity index (χ0n) is 16.8. The molecular weight excluding hydrogens is 414 g/mol. The molecule has 0 bridgehead atoms. The Morgan fingerprint density at radius 2 is 2.10 bits per heavy atom. The number of nitrogens with one attached hydrogen (secondary N) is 2. The molecule has 1 amide bonds. The molecule has 2 aliphatic rings. The van der Waals surface area contributed by atoms with Crippen molar-refractivity contribution in [2.45, 2.75) is 52.1 Å². The summed E-state index contributed by atoms with van der Waals surface area (Å²) in [6, 6.07) is -0.0304. The number of hydrogen-bond acceptors (Lipinski definition) is 7. The first kappa shape index (κ1) is 21.7. The minimum absolute atomic E-state index is 0.0197. The van der Waals surface area contributed by atoms with Gasteiger partial charge in [0.05, 0.1) is 5.69 Å². The summed E-state index contributed by atoms with van der Waals surface area (Å²) < 4.78 is 0. The van der Waals surface area contributed by atoms with Crippen LogP contribution in [0.15, 0.2) is 15.7 Å². The summed E-state index contributed by atoms with van der Waals surface area (Å²) in [6.45, 7) is 7.81. The van der Waals surface area contributed by atoms with Gasteiger partial charge in [-0.05, 0) is 31.9 Å². The van der Waals surface area contributed by atoms with Gasteiger partial charge in [-0.25, -0.2) is 14.8 Å². The lowest BCUT2D eigenvalue weighted by Crippen LogP contribution is -2.60. The van der Waals surface area contributed by atoms with E-state index in [0.717, 1.165) is 25.0 Å². The van der Waals surface area contributed by atoms with E-state index in [9.17, 15) is 14.7 Å². The van der Waals surface area contributed by atoms with Crippen LogP contribution in [0.3, 0.4) is 0 Å². The van der Waals surface area contributed by atoms with Gasteiger partial charge in [0.15, 0.2) is 5.13 Å². The standard InChI is InChI=1S/C19H26ClN5O3S/c1-4-11-8-13(23-16(11)20)17(26)24-12-6-7-25(9-14(12)21-5-2)19-22-10(3)15(29-19)18(27)28/h12,14,21H,4-9H2,1-3H3,(H,24,26)(H,27,28)/t12-,14-/m1/s1. The molecule has 10 heteroatoms. The molecule has 0 radical (unpaired) electrons. The Morgan fingerprint density at radius 1 is 1.34 bits per heavy atom. The van der Waals surface area contributed by atoms with Crippen molar-refractivity contribution in [1.29, 1.82) is 0 Å². The fraction of sp³-hybridized carbons (Fsp3) is 0.579. The number of thiazole rings is 1. The van der Waals surface area contributed by atoms with Gasteiger partial charge in [0.25, 0.3) is 5.91 Å². The third kappa shape index (κ3) is 4.79. The van der Waals surface area contributed by atoms with Gasteiger partial charge in [-0.3, -0.25) is 4.79 Å². The first-order chi connectivity index (χ1) is 13.8. The van der Waals surface area contributed by atoms with Crippen molar-refractivity contribution >= 4 is 45.7 Å². The number of aliphatic imine (C=N–C) groups is 1. The zero-order chi connectivity index (χ0) is 21.1. The number of aromatic carboxylic acids is 1. The molecule has 3 heterocycles. The van der Waals surface area contributed by atoms with Crippen LogP contribution in [0.2, 0.25) is 0 Å². The van der Waals surface area contributed by atoms with Crippen molar-refractivity contribution in [2.24, 2.45) is 4.99 Å². The monoisotopic (exact) mass is 439 g/mol. The van der Waals surface area contributed by atoms with Crippen molar-refractivity contribution < 1.29 is 14.7 Å². The van der Waals surface area contributed by atoms with Crippen LogP contribution in [0.4, 0.5) is 5.13 Å². The predicted molar refractivity (Wildman–Crippen MR) is 115 cm³/mol. The van der Waals surface area contributed by atoms with Crippen molar-refractivity contribution in [1.82, 2.24) is 15.6 Å². The Hall–Kier alpha value is -1.97. The van der Waals surface area contributed by atoms with Gasteiger partial charge in [-0.1, -0.05) is 36.8 Å². The van der Waals surface area contributed by atoms with E-state index in [0.29, 0.717) is 41.2 Å². The summed E-state index contributed by atoms with van der Waals surface area (Å²) in [5.41, 5.74) is 1.98. The van der Waals surface area contributed by atoms with Crippen LogP contribution in [0, 0.1) is 6.92 Å². The Morgan fingerprint density at radius 3 is 2.69 bits per heavy atom. The van der Waals surface area contributed by atoms with Crippen molar-refractivity contribution in [3.05, 3.63) is 21.3 Å². The largest absolute Gasteiger partial charge is 0.477 e. The highest BCUT2D eigenvalue weighted by Gasteiger charge is 2.33. The van der Waals surface area contributed by atoms with Crippen molar-refractivity contribution in [2.75, 3.05) is 24.5 Å². The first-order valence-electron chi connectivity index (χ1n) is 9.79. The number of carbonyl (C=O) groups is 2. The Bertz CT molecular complexity index is 866. The SMILES string of the molecule is CCN[C@@H]1CN(c2nc(C)c(C(=O)O)s2)CC[C@H]1NC(=O)C1=NC(Cl)=C(CC)C1. The highest BCUT2D eigenvalue weighted by molar-refractivity contribution is 7.17. The van der Waals surface area contributed by atoms with Crippen molar-refractivity contribution in [3.63, 3.8) is 0 Å². The van der Waals surface area contributed by atoms with E-state index >= 15 is 0 Å². The maximum Gasteiger partial charge on any atom is 0.347 e. The number of rotatable bonds is 7. The number of carboxylic acids is 1. The van der Waals surface area contributed by atoms with E-state index in [2.05, 4.69) is 25.5 Å². The number of likely N-dealkylation sites (N-methyl/N-ethyl adjacent to an activating group) is 1. The number of nitrogens with zero attached hydrogens (tertiary/aromatic N) is 3. The molecule has 1 fully saturated rings. The molecular formula is C19H26ClN5O3S. The molecule has 3 N–H and O–H groups in total. The van der Waals surface area contributed by atoms with Crippen molar-refractivity contribution in [3.8, 4) is 0 Å². The molecule has 2 aliphatic heterocycles. The number of carboxylic acid groups (broad SMARTS) is 1. The average Bonchev–Trinajstić information content (AvgIpc) is 3.26. The van der Waals surface area contributed by atoms with Gasteiger partial charge in [-0.15, -0.1) is 0 Å². The molecule has 29 heavy (non-hydrogen) atoms. The first-order valence-corrected chi connectivity index (χ1v) is 11.0. The Balaban J connectivity index is 1.66. The molecule has 1 saturated heterocycles. The molecule has 2 atom stereocenters. The topological polar surface area (TPSA) is 107 Å². The fourth-order valence-corrected chi connectivity index (χ4v) is 4.89. The number of aryl methyl sites for hydroxylation is 1. The smallest absolute Gasteiger partial charge is 0.347 e. The van der Waals surface area contributed by atoms with E-state index in [1.54, 1.807) is 6.92 Å². The molecule has 0 aromatic carbocycles. The van der Waals surface area contributed by atoms with E-state index in [1.807, 2.05) is 13.8 Å². The zero-order valence-corrected chi connectivity index (χ0v) is 18.4. The molecule has 1 aromatic heterocycles. The number of aromatic nitrogens is 1. The lowest BCUT2D eigenvalue weighted by Gasteiger charge is -2.39. The number of halogens is 1. The van der Waals surface area contributed by atoms with E-state index in [4.69, 9.17) is 11.6 Å². The molecule has 158 valence electrons. The number of piperidine rings is 1. The van der Waals surface area contributed by atoms with Gasteiger partial charge < -0.3 is 20.6 Å². The molecule has 8 nitrogen and oxygen atoms in total. The van der Waals surface area contributed by atoms with Crippen LogP contribution >= 0.6 is 22.9 Å². The third-order valence-corrected chi connectivity index (χ3v) is 6.80. The summed E-state index contributed by atoms with van der Waals surface area (Å²) >= 11 is 7.30. The van der Waals surface area contributed by atoms with Gasteiger partial charge in [0, 0.05) is 31.6 Å². The minimum atomic E-state index is -0.951. The summed E-state index contributed by atoms with van der Waals surface area (Å²) in [7, 11) is 0. The van der Waals surface area contributed by atoms with Crippen LogP contribution in [0.25, 0.3) is 0 Å². The lowest BCUT2D eigenvalue weighted by molar-refractivity contribution is -0.115. The highest BCUT2D eigenvalue weighted by atomic mass is 35.5. The number of carbonyl (C=O) groups excluding carboxylic acids is 1. The van der Waals surface area contributed by atoms with E-state index < -0.39 is 5.97 Å². The van der Waals surface area contributed by atoms with Crippen LogP contribution in [-0.4, -0.2) is 59.4 Å². The van der Waals surface area contributed by atoms with Crippen LogP contribution in [0.1, 0.15) is 48.5 Å². The summed E-state index contributed by atoms with van der Waals surface area (Å²) in [5.74, 6) is -1.13. The van der Waals surface area contributed by atoms with Crippen LogP contribution < -0.4 is 15.5 Å². The maximum absolute atomic E-state index is 12.7. The molecule has 3 rings (SSSR count). The Kier molecular flexibility index (Phi) is 6.92. The molecule has 0 unspecified atom stereocenters. The lowest BCUT2D eigenvalue weighted by atomic mass is 9.98. The predicted octanol–water partition coefficient (Wildman–Crippen LogP) is 2.53. The number of allylic oxidation sites excluding steroid dienone is 1. The number of hydrogen-bond donors (Lipinski definition) is 3. The van der Waals surface area contributed by atoms with Gasteiger partial charge in [-0.2, -0.15) is 0 Å². The van der Waals surface area contributed by atoms with Crippen LogP contribution in [0.5, 0.6) is 0 Å². The third-order valence-electron chi connectivity index (χ3n) is 5.24. The number of amides is 1. The van der Waals surface area contributed by atoms with Gasteiger partial charge >= 0.3 is 5.97 Å². The Labute approximate surface area is 179 Å². The second kappa shape index (κ2) is 9.23. The normalized spacial score (nSPS) is 22.1. The van der Waals surface area contributed by atoms with E-state index in [1.165, 1.54) is 11.3 Å². The van der Waals surface area contributed by atoms with Gasteiger partial charge in [0.2, 0.25) is 0 Å². The number of anilines is 1. The second-order valence-electron chi connectivity index (χ2n) is 7.18.